The Hall–Kier alpha value is -2.36. The molecule has 0 saturated heterocycles. The van der Waals surface area contributed by atoms with Crippen molar-refractivity contribution in [3.05, 3.63) is 53.3 Å². The number of aryl methyl sites for hydroxylation is 2. The topological polar surface area (TPSA) is 68.0 Å². The third kappa shape index (κ3) is 3.55. The SMILES string of the molecule is Cc1ccc(C)c(NC(=O)Cc2ccc(N)cn2)c1. The fourth-order valence-electron chi connectivity index (χ4n) is 1.77. The number of pyridine rings is 1. The Morgan fingerprint density at radius 1 is 1.26 bits per heavy atom. The van der Waals surface area contributed by atoms with Gasteiger partial charge in [-0.25, -0.2) is 0 Å². The fourth-order valence-corrected chi connectivity index (χ4v) is 1.77. The molecule has 98 valence electrons. The molecule has 0 aliphatic rings. The lowest BCUT2D eigenvalue weighted by Crippen LogP contribution is -2.16. The number of carbonyl (C=O) groups is 1. The molecule has 0 atom stereocenters. The summed E-state index contributed by atoms with van der Waals surface area (Å²) in [6.07, 6.45) is 1.80. The largest absolute Gasteiger partial charge is 0.397 e. The number of nitrogen functional groups attached to an aromatic ring is 1. The molecule has 3 N–H and O–H groups in total. The summed E-state index contributed by atoms with van der Waals surface area (Å²) in [4.78, 5) is 16.1. The van der Waals surface area contributed by atoms with Gasteiger partial charge in [0.15, 0.2) is 0 Å². The Kier molecular flexibility index (Phi) is 3.80. The van der Waals surface area contributed by atoms with Crippen LogP contribution in [-0.4, -0.2) is 10.9 Å². The van der Waals surface area contributed by atoms with Gasteiger partial charge in [0.05, 0.1) is 18.3 Å². The van der Waals surface area contributed by atoms with Gasteiger partial charge >= 0.3 is 0 Å². The van der Waals surface area contributed by atoms with E-state index in [0.717, 1.165) is 16.8 Å². The lowest BCUT2D eigenvalue weighted by Gasteiger charge is -2.09. The van der Waals surface area contributed by atoms with Gasteiger partial charge in [-0.1, -0.05) is 12.1 Å². The number of nitrogens with one attached hydrogen (secondary N) is 1. The van der Waals surface area contributed by atoms with Gasteiger partial charge in [0.25, 0.3) is 0 Å². The average Bonchev–Trinajstić information content (AvgIpc) is 2.37. The Bertz CT molecular complexity index is 591. The molecular weight excluding hydrogens is 238 g/mol. The van der Waals surface area contributed by atoms with Crippen LogP contribution in [0.25, 0.3) is 0 Å². The molecular formula is C15H17N3O. The van der Waals surface area contributed by atoms with Crippen LogP contribution in [0.4, 0.5) is 11.4 Å². The van der Waals surface area contributed by atoms with Crippen molar-refractivity contribution in [2.75, 3.05) is 11.1 Å². The fraction of sp³-hybridized carbons (Fsp3) is 0.200. The minimum Gasteiger partial charge on any atom is -0.397 e. The quantitative estimate of drug-likeness (QED) is 0.885. The van der Waals surface area contributed by atoms with Crippen molar-refractivity contribution in [3.8, 4) is 0 Å². The monoisotopic (exact) mass is 255 g/mol. The number of nitrogens with two attached hydrogens (primary N) is 1. The summed E-state index contributed by atoms with van der Waals surface area (Å²) >= 11 is 0. The number of nitrogens with zero attached hydrogens (tertiary/aromatic N) is 1. The van der Waals surface area contributed by atoms with Crippen molar-refractivity contribution < 1.29 is 4.79 Å². The summed E-state index contributed by atoms with van der Waals surface area (Å²) in [5.74, 6) is -0.0778. The summed E-state index contributed by atoms with van der Waals surface area (Å²) in [5, 5.41) is 2.90. The van der Waals surface area contributed by atoms with Crippen LogP contribution in [0.3, 0.4) is 0 Å². The van der Waals surface area contributed by atoms with Crippen molar-refractivity contribution in [3.63, 3.8) is 0 Å². The molecule has 0 spiro atoms. The summed E-state index contributed by atoms with van der Waals surface area (Å²) in [5.41, 5.74) is 9.87. The summed E-state index contributed by atoms with van der Waals surface area (Å²) in [7, 11) is 0. The number of amides is 1. The van der Waals surface area contributed by atoms with E-state index in [0.29, 0.717) is 11.4 Å². The first-order chi connectivity index (χ1) is 9.04. The van der Waals surface area contributed by atoms with Gasteiger partial charge in [-0.2, -0.15) is 0 Å². The molecule has 0 radical (unpaired) electrons. The van der Waals surface area contributed by atoms with Crippen LogP contribution in [0, 0.1) is 13.8 Å². The molecule has 1 aromatic carbocycles. The molecule has 0 aliphatic heterocycles. The van der Waals surface area contributed by atoms with Gasteiger partial charge in [-0.05, 0) is 43.2 Å². The van der Waals surface area contributed by atoms with Crippen LogP contribution in [0.15, 0.2) is 36.5 Å². The van der Waals surface area contributed by atoms with Crippen LogP contribution < -0.4 is 11.1 Å². The Balaban J connectivity index is 2.05. The first-order valence-corrected chi connectivity index (χ1v) is 6.12. The van der Waals surface area contributed by atoms with E-state index < -0.39 is 0 Å². The Morgan fingerprint density at radius 3 is 2.74 bits per heavy atom. The number of benzene rings is 1. The number of hydrogen-bond acceptors (Lipinski definition) is 3. The zero-order chi connectivity index (χ0) is 13.8. The number of carbonyl (C=O) groups excluding carboxylic acids is 1. The maximum Gasteiger partial charge on any atom is 0.230 e. The van der Waals surface area contributed by atoms with Crippen LogP contribution in [0.5, 0.6) is 0 Å². The molecule has 4 heteroatoms. The van der Waals surface area contributed by atoms with Crippen molar-refractivity contribution in [2.24, 2.45) is 0 Å². The summed E-state index contributed by atoms with van der Waals surface area (Å²) in [6.45, 7) is 3.97. The van der Waals surface area contributed by atoms with Gasteiger partial charge in [-0.3, -0.25) is 9.78 Å². The summed E-state index contributed by atoms with van der Waals surface area (Å²) in [6, 6.07) is 9.48. The molecule has 1 amide bonds. The Labute approximate surface area is 112 Å². The zero-order valence-electron chi connectivity index (χ0n) is 11.1. The van der Waals surface area contributed by atoms with Gasteiger partial charge in [-0.15, -0.1) is 0 Å². The number of rotatable bonds is 3. The second-order valence-electron chi connectivity index (χ2n) is 4.63. The Morgan fingerprint density at radius 2 is 2.05 bits per heavy atom. The molecule has 4 nitrogen and oxygen atoms in total. The highest BCUT2D eigenvalue weighted by Crippen LogP contribution is 2.16. The third-order valence-corrected chi connectivity index (χ3v) is 2.86. The van der Waals surface area contributed by atoms with Crippen LogP contribution in [-0.2, 0) is 11.2 Å². The predicted octanol–water partition coefficient (Wildman–Crippen LogP) is 2.46. The van der Waals surface area contributed by atoms with E-state index >= 15 is 0 Å². The van der Waals surface area contributed by atoms with E-state index in [-0.39, 0.29) is 12.3 Å². The standard InChI is InChI=1S/C15H17N3O/c1-10-3-4-11(2)14(7-10)18-15(19)8-13-6-5-12(16)9-17-13/h3-7,9H,8,16H2,1-2H3,(H,18,19). The highest BCUT2D eigenvalue weighted by atomic mass is 16.1. The third-order valence-electron chi connectivity index (χ3n) is 2.86. The second-order valence-corrected chi connectivity index (χ2v) is 4.63. The van der Waals surface area contributed by atoms with Crippen molar-refractivity contribution in [1.82, 2.24) is 4.98 Å². The molecule has 19 heavy (non-hydrogen) atoms. The van der Waals surface area contributed by atoms with E-state index in [9.17, 15) is 4.79 Å². The van der Waals surface area contributed by atoms with Crippen molar-refractivity contribution >= 4 is 17.3 Å². The first-order valence-electron chi connectivity index (χ1n) is 6.12. The van der Waals surface area contributed by atoms with Gasteiger partial charge in [0.2, 0.25) is 5.91 Å². The predicted molar refractivity (Wildman–Crippen MR) is 76.9 cm³/mol. The smallest absolute Gasteiger partial charge is 0.230 e. The van der Waals surface area contributed by atoms with Crippen LogP contribution >= 0.6 is 0 Å². The maximum atomic E-state index is 11.9. The normalized spacial score (nSPS) is 10.2. The number of aromatic nitrogens is 1. The molecule has 0 unspecified atom stereocenters. The molecule has 0 fully saturated rings. The van der Waals surface area contributed by atoms with Crippen molar-refractivity contribution in [2.45, 2.75) is 20.3 Å². The van der Waals surface area contributed by atoms with E-state index in [4.69, 9.17) is 5.73 Å². The number of anilines is 2. The highest BCUT2D eigenvalue weighted by molar-refractivity contribution is 5.92. The van der Waals surface area contributed by atoms with E-state index in [1.54, 1.807) is 18.3 Å². The minimum atomic E-state index is -0.0778. The first kappa shape index (κ1) is 13.1. The second kappa shape index (κ2) is 5.52. The highest BCUT2D eigenvalue weighted by Gasteiger charge is 2.07. The van der Waals surface area contributed by atoms with Gasteiger partial charge in [0.1, 0.15) is 0 Å². The lowest BCUT2D eigenvalue weighted by molar-refractivity contribution is -0.115. The molecule has 1 aromatic heterocycles. The van der Waals surface area contributed by atoms with E-state index in [1.807, 2.05) is 32.0 Å². The molecule has 1 heterocycles. The average molecular weight is 255 g/mol. The molecule has 0 saturated carbocycles. The van der Waals surface area contributed by atoms with Gasteiger partial charge in [0, 0.05) is 11.4 Å². The summed E-state index contributed by atoms with van der Waals surface area (Å²) < 4.78 is 0. The molecule has 0 bridgehead atoms. The maximum absolute atomic E-state index is 11.9. The molecule has 2 rings (SSSR count). The van der Waals surface area contributed by atoms with Crippen molar-refractivity contribution in [1.29, 1.82) is 0 Å². The van der Waals surface area contributed by atoms with E-state index in [1.165, 1.54) is 0 Å². The van der Waals surface area contributed by atoms with Crippen LogP contribution in [0.1, 0.15) is 16.8 Å². The minimum absolute atomic E-state index is 0.0778. The van der Waals surface area contributed by atoms with E-state index in [2.05, 4.69) is 10.3 Å². The lowest BCUT2D eigenvalue weighted by atomic mass is 10.1. The van der Waals surface area contributed by atoms with Gasteiger partial charge < -0.3 is 11.1 Å². The van der Waals surface area contributed by atoms with Crippen LogP contribution in [0.2, 0.25) is 0 Å². The number of hydrogen-bond donors (Lipinski definition) is 2. The molecule has 2 aromatic rings. The zero-order valence-corrected chi connectivity index (χ0v) is 11.1. The molecule has 0 aliphatic carbocycles.